The zero-order valence-electron chi connectivity index (χ0n) is 5.96. The molecule has 0 heterocycles. The standard InChI is InChI=1S/C6H6BClFNO2/c8-4-1-3(7(11)12)2-5(10)6(4)9/h1-2,11-12H,10H2. The molecule has 1 aromatic carbocycles. The average molecular weight is 189 g/mol. The highest BCUT2D eigenvalue weighted by atomic mass is 35.5. The van der Waals surface area contributed by atoms with Gasteiger partial charge in [0.1, 0.15) is 0 Å². The molecule has 0 bridgehead atoms. The number of rotatable bonds is 1. The summed E-state index contributed by atoms with van der Waals surface area (Å²) in [5.41, 5.74) is 5.04. The van der Waals surface area contributed by atoms with E-state index < -0.39 is 12.9 Å². The first-order valence-electron chi connectivity index (χ1n) is 3.13. The molecule has 64 valence electrons. The van der Waals surface area contributed by atoms with E-state index in [0.717, 1.165) is 12.1 Å². The van der Waals surface area contributed by atoms with Crippen molar-refractivity contribution in [3.63, 3.8) is 0 Å². The van der Waals surface area contributed by atoms with Crippen LogP contribution in [0.25, 0.3) is 0 Å². The highest BCUT2D eigenvalue weighted by molar-refractivity contribution is 6.59. The lowest BCUT2D eigenvalue weighted by atomic mass is 9.80. The van der Waals surface area contributed by atoms with Gasteiger partial charge in [0.2, 0.25) is 0 Å². The Morgan fingerprint density at radius 3 is 2.42 bits per heavy atom. The Labute approximate surface area is 73.7 Å². The minimum atomic E-state index is -1.69. The Hall–Kier alpha value is -0.775. The van der Waals surface area contributed by atoms with Gasteiger partial charge in [0.15, 0.2) is 5.82 Å². The monoisotopic (exact) mass is 189 g/mol. The minimum Gasteiger partial charge on any atom is -0.423 e. The van der Waals surface area contributed by atoms with Crippen LogP contribution < -0.4 is 11.2 Å². The lowest BCUT2D eigenvalue weighted by molar-refractivity contribution is 0.425. The summed E-state index contributed by atoms with van der Waals surface area (Å²) in [6.45, 7) is 0. The molecule has 0 amide bonds. The fraction of sp³-hybridized carbons (Fsp3) is 0. The van der Waals surface area contributed by atoms with Gasteiger partial charge in [-0.3, -0.25) is 0 Å². The predicted molar refractivity (Wildman–Crippen MR) is 45.6 cm³/mol. The third kappa shape index (κ3) is 1.69. The molecular weight excluding hydrogens is 183 g/mol. The van der Waals surface area contributed by atoms with Crippen LogP contribution in [0.5, 0.6) is 0 Å². The maximum atomic E-state index is 12.8. The summed E-state index contributed by atoms with van der Waals surface area (Å²) in [5, 5.41) is 17.1. The average Bonchev–Trinajstić information content (AvgIpc) is 1.99. The maximum absolute atomic E-state index is 12.8. The molecule has 0 saturated carbocycles. The van der Waals surface area contributed by atoms with E-state index in [0.29, 0.717) is 0 Å². The quantitative estimate of drug-likeness (QED) is 0.421. The van der Waals surface area contributed by atoms with Crippen molar-refractivity contribution in [1.29, 1.82) is 0 Å². The van der Waals surface area contributed by atoms with E-state index in [-0.39, 0.29) is 16.2 Å². The number of hydrogen-bond donors (Lipinski definition) is 3. The fourth-order valence-corrected chi connectivity index (χ4v) is 1.02. The van der Waals surface area contributed by atoms with Gasteiger partial charge >= 0.3 is 7.12 Å². The molecule has 0 aromatic heterocycles. The molecule has 1 rings (SSSR count). The van der Waals surface area contributed by atoms with E-state index in [1.165, 1.54) is 0 Å². The van der Waals surface area contributed by atoms with E-state index in [4.69, 9.17) is 27.4 Å². The smallest absolute Gasteiger partial charge is 0.423 e. The van der Waals surface area contributed by atoms with Crippen molar-refractivity contribution in [3.05, 3.63) is 23.0 Å². The third-order valence-electron chi connectivity index (χ3n) is 1.38. The Bertz CT molecular complexity index is 285. The van der Waals surface area contributed by atoms with Gasteiger partial charge in [-0.15, -0.1) is 0 Å². The second-order valence-electron chi connectivity index (χ2n) is 2.28. The molecule has 0 spiro atoms. The zero-order valence-corrected chi connectivity index (χ0v) is 6.72. The van der Waals surface area contributed by atoms with Gasteiger partial charge in [0.25, 0.3) is 0 Å². The van der Waals surface area contributed by atoms with Crippen LogP contribution in [-0.4, -0.2) is 17.2 Å². The Kier molecular flexibility index (Phi) is 2.57. The molecule has 6 heteroatoms. The maximum Gasteiger partial charge on any atom is 0.488 e. The normalized spacial score (nSPS) is 10.0. The van der Waals surface area contributed by atoms with Gasteiger partial charge in [-0.1, -0.05) is 11.6 Å². The number of nitrogens with two attached hydrogens (primary N) is 1. The molecule has 0 atom stereocenters. The van der Waals surface area contributed by atoms with Crippen LogP contribution in [0.4, 0.5) is 10.1 Å². The summed E-state index contributed by atoms with van der Waals surface area (Å²) in [5.74, 6) is -0.749. The van der Waals surface area contributed by atoms with Gasteiger partial charge in [0, 0.05) is 0 Å². The summed E-state index contributed by atoms with van der Waals surface area (Å²) in [4.78, 5) is 0. The van der Waals surface area contributed by atoms with Crippen LogP contribution in [0.2, 0.25) is 5.02 Å². The Balaban J connectivity index is 3.21. The molecule has 0 fully saturated rings. The number of hydrogen-bond acceptors (Lipinski definition) is 3. The first kappa shape index (κ1) is 9.31. The van der Waals surface area contributed by atoms with Crippen molar-refractivity contribution in [3.8, 4) is 0 Å². The largest absolute Gasteiger partial charge is 0.488 e. The van der Waals surface area contributed by atoms with Gasteiger partial charge < -0.3 is 15.8 Å². The molecule has 0 aliphatic carbocycles. The number of benzene rings is 1. The molecule has 0 aliphatic rings. The first-order valence-corrected chi connectivity index (χ1v) is 3.50. The van der Waals surface area contributed by atoms with Crippen LogP contribution in [0, 0.1) is 5.82 Å². The summed E-state index contributed by atoms with van der Waals surface area (Å²) in [7, 11) is -1.69. The Morgan fingerprint density at radius 1 is 1.42 bits per heavy atom. The first-order chi connectivity index (χ1) is 5.52. The van der Waals surface area contributed by atoms with Crippen LogP contribution in [0.1, 0.15) is 0 Å². The fourth-order valence-electron chi connectivity index (χ4n) is 0.781. The SMILES string of the molecule is Nc1cc(B(O)O)cc(Cl)c1F. The third-order valence-corrected chi connectivity index (χ3v) is 1.65. The summed E-state index contributed by atoms with van der Waals surface area (Å²) in [6.07, 6.45) is 0. The predicted octanol–water partition coefficient (Wildman–Crippen LogP) is -0.259. The van der Waals surface area contributed by atoms with E-state index in [1.807, 2.05) is 0 Å². The van der Waals surface area contributed by atoms with Crippen molar-refractivity contribution in [2.45, 2.75) is 0 Å². The molecule has 0 aliphatic heterocycles. The van der Waals surface area contributed by atoms with Gasteiger partial charge in [0.05, 0.1) is 10.7 Å². The van der Waals surface area contributed by atoms with E-state index >= 15 is 0 Å². The van der Waals surface area contributed by atoms with Crippen molar-refractivity contribution in [1.82, 2.24) is 0 Å². The highest BCUT2D eigenvalue weighted by Crippen LogP contribution is 2.17. The number of nitrogen functional groups attached to an aromatic ring is 1. The van der Waals surface area contributed by atoms with Crippen LogP contribution in [-0.2, 0) is 0 Å². The highest BCUT2D eigenvalue weighted by Gasteiger charge is 2.15. The Morgan fingerprint density at radius 2 is 2.00 bits per heavy atom. The summed E-state index contributed by atoms with van der Waals surface area (Å²) in [6, 6.07) is 2.23. The molecule has 4 N–H and O–H groups in total. The molecule has 1 aromatic rings. The van der Waals surface area contributed by atoms with Crippen molar-refractivity contribution >= 4 is 29.9 Å². The van der Waals surface area contributed by atoms with Gasteiger partial charge in [-0.05, 0) is 17.6 Å². The number of halogens is 2. The lowest BCUT2D eigenvalue weighted by Gasteiger charge is -2.03. The van der Waals surface area contributed by atoms with Crippen molar-refractivity contribution in [2.24, 2.45) is 0 Å². The van der Waals surface area contributed by atoms with Crippen LogP contribution in [0.15, 0.2) is 12.1 Å². The molecule has 12 heavy (non-hydrogen) atoms. The van der Waals surface area contributed by atoms with Gasteiger partial charge in [-0.2, -0.15) is 0 Å². The van der Waals surface area contributed by atoms with Crippen LogP contribution in [0.3, 0.4) is 0 Å². The summed E-state index contributed by atoms with van der Waals surface area (Å²) < 4.78 is 12.8. The molecule has 0 radical (unpaired) electrons. The second-order valence-corrected chi connectivity index (χ2v) is 2.69. The van der Waals surface area contributed by atoms with Crippen LogP contribution >= 0.6 is 11.6 Å². The van der Waals surface area contributed by atoms with Gasteiger partial charge in [-0.25, -0.2) is 4.39 Å². The molecular formula is C6H6BClFNO2. The number of anilines is 1. The lowest BCUT2D eigenvalue weighted by Crippen LogP contribution is -2.30. The topological polar surface area (TPSA) is 66.5 Å². The zero-order chi connectivity index (χ0) is 9.30. The summed E-state index contributed by atoms with van der Waals surface area (Å²) >= 11 is 5.39. The minimum absolute atomic E-state index is 0.0684. The van der Waals surface area contributed by atoms with Crippen molar-refractivity contribution in [2.75, 3.05) is 5.73 Å². The van der Waals surface area contributed by atoms with E-state index in [2.05, 4.69) is 0 Å². The molecule has 3 nitrogen and oxygen atoms in total. The molecule has 0 unspecified atom stereocenters. The van der Waals surface area contributed by atoms with Crippen molar-refractivity contribution < 1.29 is 14.4 Å². The van der Waals surface area contributed by atoms with E-state index in [9.17, 15) is 4.39 Å². The van der Waals surface area contributed by atoms with E-state index in [1.54, 1.807) is 0 Å². The second kappa shape index (κ2) is 3.31. The molecule has 0 saturated heterocycles.